The van der Waals surface area contributed by atoms with Crippen molar-refractivity contribution in [1.82, 2.24) is 0 Å². The van der Waals surface area contributed by atoms with Gasteiger partial charge in [-0.25, -0.2) is 0 Å². The molecule has 1 heterocycles. The quantitative estimate of drug-likeness (QED) is 0.0872. The van der Waals surface area contributed by atoms with Gasteiger partial charge >= 0.3 is 0 Å². The topological polar surface area (TPSA) is 19.0 Å². The van der Waals surface area contributed by atoms with Crippen molar-refractivity contribution < 1.29 is 4.84 Å². The van der Waals surface area contributed by atoms with Crippen LogP contribution in [-0.2, 0) is 15.7 Å². The Morgan fingerprint density at radius 3 is 1.81 bits per heavy atom. The Morgan fingerprint density at radius 1 is 0.692 bits per heavy atom. The molecule has 0 amide bonds. The Kier molecular flexibility index (Phi) is 9.52. The molecule has 0 atom stereocenters. The molecule has 0 N–H and O–H groups in total. The van der Waals surface area contributed by atoms with Gasteiger partial charge in [0, 0.05) is 33.7 Å². The van der Waals surface area contributed by atoms with Gasteiger partial charge in [-0.1, -0.05) is 119 Å². The summed E-state index contributed by atoms with van der Waals surface area (Å²) in [6.07, 6.45) is 9.86. The number of nitrogens with zero attached hydrogens (tertiary/aromatic N) is 3. The number of para-hydroxylation sites is 3. The molecule has 1 aliphatic carbocycles. The fourth-order valence-electron chi connectivity index (χ4n) is 8.64. The minimum Gasteiger partial charge on any atom is -0.379 e. The van der Waals surface area contributed by atoms with Crippen LogP contribution < -0.4 is 14.9 Å². The summed E-state index contributed by atoms with van der Waals surface area (Å²) in [7, 11) is 0. The average Bonchev–Trinajstić information content (AvgIpc) is 3.33. The van der Waals surface area contributed by atoms with E-state index in [0.29, 0.717) is 0 Å². The van der Waals surface area contributed by atoms with Crippen molar-refractivity contribution in [3.05, 3.63) is 163 Å². The Hall–Kier alpha value is -5.22. The molecule has 1 saturated carbocycles. The van der Waals surface area contributed by atoms with Crippen LogP contribution in [0.25, 0.3) is 0 Å². The van der Waals surface area contributed by atoms with E-state index in [4.69, 9.17) is 4.84 Å². The predicted molar refractivity (Wildman–Crippen MR) is 221 cm³/mol. The van der Waals surface area contributed by atoms with E-state index in [0.717, 1.165) is 39.9 Å². The summed E-state index contributed by atoms with van der Waals surface area (Å²) in [5, 5.41) is 1.96. The van der Waals surface area contributed by atoms with Crippen LogP contribution in [-0.4, -0.2) is 5.54 Å². The van der Waals surface area contributed by atoms with Crippen LogP contribution in [0.5, 0.6) is 0 Å². The molecule has 0 aromatic heterocycles. The van der Waals surface area contributed by atoms with Gasteiger partial charge in [0.05, 0.1) is 17.1 Å². The van der Waals surface area contributed by atoms with Crippen molar-refractivity contribution >= 4 is 39.8 Å². The first-order chi connectivity index (χ1) is 25.0. The van der Waals surface area contributed by atoms with Gasteiger partial charge in [-0.15, -0.1) is 0 Å². The van der Waals surface area contributed by atoms with Crippen LogP contribution in [0.1, 0.15) is 84.8 Å². The van der Waals surface area contributed by atoms with Crippen LogP contribution in [0.15, 0.2) is 152 Å². The molecule has 0 radical (unpaired) electrons. The van der Waals surface area contributed by atoms with E-state index in [1.807, 2.05) is 24.1 Å². The summed E-state index contributed by atoms with van der Waals surface area (Å²) < 4.78 is 0. The zero-order chi connectivity index (χ0) is 36.5. The number of rotatable bonds is 9. The molecule has 0 bridgehead atoms. The normalized spacial score (nSPS) is 16.3. The van der Waals surface area contributed by atoms with Crippen LogP contribution in [0.4, 0.5) is 39.8 Å². The summed E-state index contributed by atoms with van der Waals surface area (Å²) >= 11 is 0. The molecule has 5 aromatic carbocycles. The number of fused-ring (bicyclic) bond motifs is 2. The van der Waals surface area contributed by atoms with Crippen molar-refractivity contribution in [3.8, 4) is 0 Å². The number of hydrogen-bond donors (Lipinski definition) is 0. The van der Waals surface area contributed by atoms with E-state index in [-0.39, 0.29) is 16.4 Å². The molecule has 1 spiro atoms. The van der Waals surface area contributed by atoms with Gasteiger partial charge in [0.1, 0.15) is 5.76 Å². The number of benzene rings is 5. The van der Waals surface area contributed by atoms with Gasteiger partial charge < -0.3 is 14.6 Å². The zero-order valence-electron chi connectivity index (χ0n) is 31.8. The Labute approximate surface area is 311 Å². The molecule has 0 unspecified atom stereocenters. The molecule has 2 aliphatic rings. The monoisotopic (exact) mass is 687 g/mol. The predicted octanol–water partition coefficient (Wildman–Crippen LogP) is 13.7. The maximum absolute atomic E-state index is 6.70. The van der Waals surface area contributed by atoms with E-state index >= 15 is 0 Å². The standard InChI is InChI=1S/C48H53N3O/c1-8-21-36(2)52-51(40-26-17-11-18-27-40)43-34-41(49(38-22-13-9-14-23-38)39-24-15-10-16-25-39)33-42(35-43)50-45-29-28-37(46(3,4)5)32-44(45)48(47(50,6)7)30-19-12-20-31-48/h8-11,13-18,21-29,32-35H,1,12,19-20,30-31H2,2-7H3/b36-21-. The molecular formula is C48H53N3O. The first-order valence-corrected chi connectivity index (χ1v) is 18.9. The van der Waals surface area contributed by atoms with Crippen LogP contribution in [0.2, 0.25) is 0 Å². The van der Waals surface area contributed by atoms with Crippen LogP contribution in [0.3, 0.4) is 0 Å². The number of allylic oxidation sites excluding steroid dienone is 3. The summed E-state index contributed by atoms with van der Waals surface area (Å²) in [5.74, 6) is 0.747. The van der Waals surface area contributed by atoms with Gasteiger partial charge in [-0.2, -0.15) is 5.06 Å². The number of anilines is 7. The summed E-state index contributed by atoms with van der Waals surface area (Å²) in [6.45, 7) is 17.9. The third-order valence-corrected chi connectivity index (χ3v) is 11.3. The Bertz CT molecular complexity index is 2000. The summed E-state index contributed by atoms with van der Waals surface area (Å²) in [6, 6.07) is 45.9. The fourth-order valence-corrected chi connectivity index (χ4v) is 8.64. The highest BCUT2D eigenvalue weighted by atomic mass is 16.7. The molecule has 5 aromatic rings. The first-order valence-electron chi connectivity index (χ1n) is 18.9. The third kappa shape index (κ3) is 6.40. The van der Waals surface area contributed by atoms with Gasteiger partial charge in [0.15, 0.2) is 0 Å². The fraction of sp³-hybridized carbons (Fsp3) is 0.292. The second-order valence-electron chi connectivity index (χ2n) is 16.0. The Balaban J connectivity index is 1.51. The second kappa shape index (κ2) is 14.1. The molecule has 1 fully saturated rings. The van der Waals surface area contributed by atoms with Crippen molar-refractivity contribution in [3.63, 3.8) is 0 Å². The lowest BCUT2D eigenvalue weighted by Crippen LogP contribution is -2.53. The molecule has 0 saturated heterocycles. The minimum absolute atomic E-state index is 0.0372. The molecule has 4 heteroatoms. The molecule has 4 nitrogen and oxygen atoms in total. The highest BCUT2D eigenvalue weighted by molar-refractivity contribution is 5.86. The van der Waals surface area contributed by atoms with Crippen molar-refractivity contribution in [1.29, 1.82) is 0 Å². The van der Waals surface area contributed by atoms with Crippen LogP contribution >= 0.6 is 0 Å². The van der Waals surface area contributed by atoms with Crippen molar-refractivity contribution in [2.24, 2.45) is 0 Å². The lowest BCUT2D eigenvalue weighted by Gasteiger charge is -2.49. The van der Waals surface area contributed by atoms with Crippen molar-refractivity contribution in [2.45, 2.75) is 90.0 Å². The highest BCUT2D eigenvalue weighted by Gasteiger charge is 2.57. The lowest BCUT2D eigenvalue weighted by atomic mass is 9.60. The summed E-state index contributed by atoms with van der Waals surface area (Å²) in [4.78, 5) is 11.7. The third-order valence-electron chi connectivity index (χ3n) is 11.3. The maximum Gasteiger partial charge on any atom is 0.129 e. The highest BCUT2D eigenvalue weighted by Crippen LogP contribution is 2.61. The molecule has 7 rings (SSSR count). The molecular weight excluding hydrogens is 635 g/mol. The van der Waals surface area contributed by atoms with E-state index in [1.54, 1.807) is 6.08 Å². The number of hydrogen-bond acceptors (Lipinski definition) is 4. The maximum atomic E-state index is 6.70. The SMILES string of the molecule is C=C/C=C(/C)ON(c1ccccc1)c1cc(N(c2ccccc2)c2ccccc2)cc(N2c3ccc(C(C)(C)C)cc3C3(CCCCC3)C2(C)C)c1. The van der Waals surface area contributed by atoms with Gasteiger partial charge in [-0.05, 0) is 117 Å². The van der Waals surface area contributed by atoms with E-state index in [2.05, 4.69) is 172 Å². The largest absolute Gasteiger partial charge is 0.379 e. The first kappa shape index (κ1) is 35.2. The molecule has 52 heavy (non-hydrogen) atoms. The zero-order valence-corrected chi connectivity index (χ0v) is 31.8. The average molecular weight is 688 g/mol. The minimum atomic E-state index is -0.191. The van der Waals surface area contributed by atoms with Gasteiger partial charge in [-0.3, -0.25) is 0 Å². The van der Waals surface area contributed by atoms with E-state index < -0.39 is 0 Å². The Morgan fingerprint density at radius 2 is 1.25 bits per heavy atom. The van der Waals surface area contributed by atoms with Gasteiger partial charge in [0.25, 0.3) is 0 Å². The second-order valence-corrected chi connectivity index (χ2v) is 16.0. The van der Waals surface area contributed by atoms with Gasteiger partial charge in [0.2, 0.25) is 0 Å². The van der Waals surface area contributed by atoms with Crippen molar-refractivity contribution in [2.75, 3.05) is 14.9 Å². The lowest BCUT2D eigenvalue weighted by molar-refractivity contribution is 0.199. The summed E-state index contributed by atoms with van der Waals surface area (Å²) in [5.41, 5.74) is 10.3. The molecule has 266 valence electrons. The molecule has 1 aliphatic heterocycles. The van der Waals surface area contributed by atoms with Crippen LogP contribution in [0, 0.1) is 0 Å². The van der Waals surface area contributed by atoms with E-state index in [9.17, 15) is 0 Å². The van der Waals surface area contributed by atoms with E-state index in [1.165, 1.54) is 48.9 Å². The smallest absolute Gasteiger partial charge is 0.129 e.